The van der Waals surface area contributed by atoms with Crippen LogP contribution in [-0.4, -0.2) is 55.1 Å². The van der Waals surface area contributed by atoms with E-state index in [2.05, 4.69) is 18.7 Å². The fourth-order valence-electron chi connectivity index (χ4n) is 3.65. The maximum atomic E-state index is 13.9. The van der Waals surface area contributed by atoms with Gasteiger partial charge in [-0.05, 0) is 32.0 Å². The molecule has 1 amide bonds. The highest BCUT2D eigenvalue weighted by Gasteiger charge is 2.26. The van der Waals surface area contributed by atoms with Crippen LogP contribution in [-0.2, 0) is 0 Å². The van der Waals surface area contributed by atoms with Gasteiger partial charge in [0.05, 0.1) is 15.3 Å². The van der Waals surface area contributed by atoms with Crippen LogP contribution in [0.4, 0.5) is 15.2 Å². The highest BCUT2D eigenvalue weighted by Crippen LogP contribution is 2.35. The minimum atomic E-state index is -0.510. The first-order chi connectivity index (χ1) is 14.5. The lowest BCUT2D eigenvalue weighted by atomic mass is 10.1. The van der Waals surface area contributed by atoms with Gasteiger partial charge in [-0.1, -0.05) is 17.4 Å². The number of fused-ring (bicyclic) bond motifs is 1. The number of rotatable bonds is 5. The lowest BCUT2D eigenvalue weighted by molar-refractivity contribution is 0.0751. The van der Waals surface area contributed by atoms with Crippen LogP contribution < -0.4 is 9.80 Å². The Morgan fingerprint density at radius 3 is 2.60 bits per heavy atom. The van der Waals surface area contributed by atoms with Crippen LogP contribution in [0.15, 0.2) is 24.3 Å². The molecule has 0 unspecified atom stereocenters. The summed E-state index contributed by atoms with van der Waals surface area (Å²) < 4.78 is 14.9. The van der Waals surface area contributed by atoms with Crippen molar-refractivity contribution in [2.24, 2.45) is 0 Å². The van der Waals surface area contributed by atoms with E-state index in [1.54, 1.807) is 23.5 Å². The molecule has 0 aliphatic carbocycles. The Morgan fingerprint density at radius 2 is 1.97 bits per heavy atom. The van der Waals surface area contributed by atoms with Gasteiger partial charge in [0.2, 0.25) is 0 Å². The molecule has 1 aromatic carbocycles. The number of hydrogen-bond acceptors (Lipinski definition) is 7. The Kier molecular flexibility index (Phi) is 5.88. The van der Waals surface area contributed by atoms with Crippen molar-refractivity contribution in [3.05, 3.63) is 40.5 Å². The van der Waals surface area contributed by atoms with Crippen LogP contribution in [0.5, 0.6) is 0 Å². The van der Waals surface area contributed by atoms with Crippen LogP contribution >= 0.6 is 22.7 Å². The average molecular weight is 444 g/mol. The summed E-state index contributed by atoms with van der Waals surface area (Å²) in [5, 5.41) is 10.3. The number of benzene rings is 1. The van der Waals surface area contributed by atoms with Crippen molar-refractivity contribution in [3.63, 3.8) is 0 Å². The van der Waals surface area contributed by atoms with Crippen molar-refractivity contribution < 1.29 is 9.18 Å². The highest BCUT2D eigenvalue weighted by atomic mass is 32.1. The van der Waals surface area contributed by atoms with E-state index in [4.69, 9.17) is 4.98 Å². The number of hydrogen-bond donors (Lipinski definition) is 0. The number of anilines is 2. The Labute approximate surface area is 182 Å². The first-order valence-electron chi connectivity index (χ1n) is 9.93. The molecule has 0 saturated carbocycles. The van der Waals surface area contributed by atoms with Gasteiger partial charge >= 0.3 is 0 Å². The van der Waals surface area contributed by atoms with Gasteiger partial charge in [-0.2, -0.15) is 5.26 Å². The maximum absolute atomic E-state index is 13.9. The number of halogens is 1. The quantitative estimate of drug-likeness (QED) is 0.592. The van der Waals surface area contributed by atoms with E-state index < -0.39 is 5.82 Å². The number of nitriles is 1. The predicted molar refractivity (Wildman–Crippen MR) is 120 cm³/mol. The van der Waals surface area contributed by atoms with Crippen LogP contribution in [0.2, 0.25) is 0 Å². The van der Waals surface area contributed by atoms with E-state index in [-0.39, 0.29) is 11.5 Å². The molecule has 3 heterocycles. The average Bonchev–Trinajstić information content (AvgIpc) is 3.33. The van der Waals surface area contributed by atoms with Crippen LogP contribution in [0.3, 0.4) is 0 Å². The summed E-state index contributed by atoms with van der Waals surface area (Å²) in [4.78, 5) is 25.3. The molecule has 6 nitrogen and oxygen atoms in total. The normalized spacial score (nSPS) is 14.2. The van der Waals surface area contributed by atoms with Crippen molar-refractivity contribution in [1.82, 2.24) is 9.88 Å². The zero-order chi connectivity index (χ0) is 21.3. The summed E-state index contributed by atoms with van der Waals surface area (Å²) in [7, 11) is 0. The highest BCUT2D eigenvalue weighted by molar-refractivity contribution is 7.29. The molecular formula is C21H22FN5OS2. The van der Waals surface area contributed by atoms with E-state index in [0.717, 1.165) is 27.8 Å². The Bertz CT molecular complexity index is 1070. The van der Waals surface area contributed by atoms with Gasteiger partial charge in [-0.25, -0.2) is 9.37 Å². The molecule has 2 aromatic heterocycles. The molecule has 1 saturated heterocycles. The smallest absolute Gasteiger partial charge is 0.264 e. The molecule has 0 spiro atoms. The second-order valence-corrected chi connectivity index (χ2v) is 9.01. The van der Waals surface area contributed by atoms with E-state index in [0.29, 0.717) is 36.7 Å². The number of carbonyl (C=O) groups excluding carboxylic acids is 1. The molecule has 1 aliphatic rings. The number of nitrogens with zero attached hydrogens (tertiary/aromatic N) is 5. The molecule has 156 valence electrons. The van der Waals surface area contributed by atoms with Crippen LogP contribution in [0.1, 0.15) is 29.1 Å². The first-order valence-corrected chi connectivity index (χ1v) is 11.6. The molecule has 30 heavy (non-hydrogen) atoms. The summed E-state index contributed by atoms with van der Waals surface area (Å²) in [5.74, 6) is -0.502. The third-order valence-electron chi connectivity index (χ3n) is 5.33. The zero-order valence-electron chi connectivity index (χ0n) is 16.9. The van der Waals surface area contributed by atoms with E-state index in [1.807, 2.05) is 21.9 Å². The van der Waals surface area contributed by atoms with Crippen molar-refractivity contribution >= 4 is 48.9 Å². The third-order valence-corrected chi connectivity index (χ3v) is 7.54. The van der Waals surface area contributed by atoms with Crippen LogP contribution in [0.25, 0.3) is 9.53 Å². The SMILES string of the molecule is CCN(CC)c1nc2sc(C(=O)N3CCN(c4cccc(F)c4C#N)CC3)cc2s1. The van der Waals surface area contributed by atoms with Gasteiger partial charge in [0.25, 0.3) is 5.91 Å². The predicted octanol–water partition coefficient (Wildman–Crippen LogP) is 4.18. The minimum absolute atomic E-state index is 0.00832. The Hall–Kier alpha value is -2.70. The number of amides is 1. The fraction of sp³-hybridized carbons (Fsp3) is 0.381. The molecule has 0 atom stereocenters. The molecule has 0 N–H and O–H groups in total. The zero-order valence-corrected chi connectivity index (χ0v) is 18.5. The number of thiazole rings is 1. The lowest BCUT2D eigenvalue weighted by Crippen LogP contribution is -2.48. The molecule has 9 heteroatoms. The largest absolute Gasteiger partial charge is 0.367 e. The second kappa shape index (κ2) is 8.58. The van der Waals surface area contributed by atoms with Gasteiger partial charge in [0, 0.05) is 39.3 Å². The number of thiophene rings is 1. The van der Waals surface area contributed by atoms with Gasteiger partial charge in [0.1, 0.15) is 22.3 Å². The number of aromatic nitrogens is 1. The summed E-state index contributed by atoms with van der Waals surface area (Å²) in [6.07, 6.45) is 0. The van der Waals surface area contributed by atoms with E-state index in [9.17, 15) is 14.4 Å². The van der Waals surface area contributed by atoms with Gasteiger partial charge < -0.3 is 14.7 Å². The first kappa shape index (κ1) is 20.6. The van der Waals surface area contributed by atoms with Crippen molar-refractivity contribution in [2.45, 2.75) is 13.8 Å². The molecule has 3 aromatic rings. The molecular weight excluding hydrogens is 421 g/mol. The number of piperazine rings is 1. The van der Waals surface area contributed by atoms with Gasteiger partial charge in [0.15, 0.2) is 5.13 Å². The van der Waals surface area contributed by atoms with Gasteiger partial charge in [-0.15, -0.1) is 11.3 Å². The number of carbonyl (C=O) groups is 1. The second-order valence-electron chi connectivity index (χ2n) is 6.97. The lowest BCUT2D eigenvalue weighted by Gasteiger charge is -2.36. The Morgan fingerprint density at radius 1 is 1.23 bits per heavy atom. The molecule has 4 rings (SSSR count). The minimum Gasteiger partial charge on any atom is -0.367 e. The van der Waals surface area contributed by atoms with E-state index >= 15 is 0 Å². The summed E-state index contributed by atoms with van der Waals surface area (Å²) in [6.45, 7) is 8.22. The maximum Gasteiger partial charge on any atom is 0.264 e. The molecule has 1 aliphatic heterocycles. The van der Waals surface area contributed by atoms with Crippen LogP contribution in [0, 0.1) is 17.1 Å². The molecule has 0 radical (unpaired) electrons. The summed E-state index contributed by atoms with van der Waals surface area (Å²) in [6, 6.07) is 8.56. The fourth-order valence-corrected chi connectivity index (χ4v) is 5.96. The van der Waals surface area contributed by atoms with Crippen molar-refractivity contribution in [3.8, 4) is 6.07 Å². The molecule has 0 bridgehead atoms. The summed E-state index contributed by atoms with van der Waals surface area (Å²) >= 11 is 3.06. The molecule has 1 fully saturated rings. The summed E-state index contributed by atoms with van der Waals surface area (Å²) in [5.41, 5.74) is 0.653. The van der Waals surface area contributed by atoms with E-state index in [1.165, 1.54) is 17.4 Å². The van der Waals surface area contributed by atoms with Crippen molar-refractivity contribution in [1.29, 1.82) is 5.26 Å². The van der Waals surface area contributed by atoms with Crippen molar-refractivity contribution in [2.75, 3.05) is 49.1 Å². The topological polar surface area (TPSA) is 63.5 Å². The Balaban J connectivity index is 1.45. The standard InChI is InChI=1S/C21H22FN5OS2/c1-3-25(4-2)21-24-19-17(30-21)12-18(29-19)20(28)27-10-8-26(9-11-27)16-7-5-6-15(22)14(16)13-23/h5-7,12H,3-4,8-11H2,1-2H3. The monoisotopic (exact) mass is 443 g/mol. The van der Waals surface area contributed by atoms with Gasteiger partial charge in [-0.3, -0.25) is 4.79 Å². The third kappa shape index (κ3) is 3.73.